The average molecular weight is 352 g/mol. The van der Waals surface area contributed by atoms with Gasteiger partial charge in [-0.3, -0.25) is 10.1 Å². The van der Waals surface area contributed by atoms with Gasteiger partial charge in [-0.05, 0) is 43.7 Å². The number of ether oxygens (including phenoxy) is 2. The van der Waals surface area contributed by atoms with Gasteiger partial charge in [-0.15, -0.1) is 0 Å². The van der Waals surface area contributed by atoms with E-state index in [-0.39, 0.29) is 11.4 Å². The van der Waals surface area contributed by atoms with Crippen LogP contribution in [0.5, 0.6) is 17.2 Å². The first-order chi connectivity index (χ1) is 10.0. The first-order valence-electron chi connectivity index (χ1n) is 6.36. The van der Waals surface area contributed by atoms with E-state index < -0.39 is 4.92 Å². The number of hydrogen-bond donors (Lipinski definition) is 0. The van der Waals surface area contributed by atoms with E-state index in [4.69, 9.17) is 9.47 Å². The van der Waals surface area contributed by atoms with E-state index in [2.05, 4.69) is 15.9 Å². The highest BCUT2D eigenvalue weighted by atomic mass is 79.9. The summed E-state index contributed by atoms with van der Waals surface area (Å²) in [5.41, 5.74) is 0.886. The molecular weight excluding hydrogens is 338 g/mol. The van der Waals surface area contributed by atoms with E-state index in [1.165, 1.54) is 12.1 Å². The van der Waals surface area contributed by atoms with Crippen LogP contribution in [0.15, 0.2) is 40.9 Å². The fraction of sp³-hybridized carbons (Fsp3) is 0.200. The van der Waals surface area contributed by atoms with E-state index in [9.17, 15) is 10.1 Å². The lowest BCUT2D eigenvalue weighted by molar-refractivity contribution is -0.385. The molecule has 0 bridgehead atoms. The molecule has 2 aromatic carbocycles. The fourth-order valence-corrected chi connectivity index (χ4v) is 2.31. The summed E-state index contributed by atoms with van der Waals surface area (Å²) in [4.78, 5) is 10.5. The van der Waals surface area contributed by atoms with Gasteiger partial charge in [-0.25, -0.2) is 0 Å². The number of benzene rings is 2. The van der Waals surface area contributed by atoms with Crippen LogP contribution in [0.4, 0.5) is 5.69 Å². The summed E-state index contributed by atoms with van der Waals surface area (Å²) < 4.78 is 12.0. The van der Waals surface area contributed by atoms with Gasteiger partial charge < -0.3 is 9.47 Å². The Morgan fingerprint density at radius 3 is 2.57 bits per heavy atom. The van der Waals surface area contributed by atoms with Crippen molar-refractivity contribution >= 4 is 21.6 Å². The van der Waals surface area contributed by atoms with Crippen molar-refractivity contribution < 1.29 is 14.4 Å². The standard InChI is InChI=1S/C15H14BrNO4/c1-3-20-15-9-12(5-6-13(15)17(18)19)21-14-7-4-11(16)8-10(14)2/h4-9H,3H2,1-2H3. The Labute approximate surface area is 130 Å². The molecule has 0 fully saturated rings. The molecule has 0 amide bonds. The van der Waals surface area contributed by atoms with Gasteiger partial charge in [0.1, 0.15) is 11.5 Å². The summed E-state index contributed by atoms with van der Waals surface area (Å²) in [6, 6.07) is 10.1. The van der Waals surface area contributed by atoms with Gasteiger partial charge >= 0.3 is 5.69 Å². The normalized spacial score (nSPS) is 10.2. The highest BCUT2D eigenvalue weighted by Gasteiger charge is 2.16. The molecule has 110 valence electrons. The molecule has 0 N–H and O–H groups in total. The van der Waals surface area contributed by atoms with Crippen molar-refractivity contribution in [2.45, 2.75) is 13.8 Å². The van der Waals surface area contributed by atoms with Crippen LogP contribution < -0.4 is 9.47 Å². The second-order valence-corrected chi connectivity index (χ2v) is 5.25. The molecule has 0 aliphatic heterocycles. The van der Waals surface area contributed by atoms with Crippen molar-refractivity contribution in [2.24, 2.45) is 0 Å². The van der Waals surface area contributed by atoms with Crippen LogP contribution >= 0.6 is 15.9 Å². The Balaban J connectivity index is 2.32. The van der Waals surface area contributed by atoms with Gasteiger partial charge in [0.25, 0.3) is 0 Å². The number of hydrogen-bond acceptors (Lipinski definition) is 4. The number of rotatable bonds is 5. The lowest BCUT2D eigenvalue weighted by Crippen LogP contribution is -1.98. The van der Waals surface area contributed by atoms with Crippen LogP contribution in [0.25, 0.3) is 0 Å². The van der Waals surface area contributed by atoms with Crippen LogP contribution in [0.3, 0.4) is 0 Å². The molecule has 0 radical (unpaired) electrons. The van der Waals surface area contributed by atoms with Gasteiger partial charge in [0.2, 0.25) is 5.75 Å². The van der Waals surface area contributed by atoms with Crippen LogP contribution in [0.1, 0.15) is 12.5 Å². The number of halogens is 1. The zero-order valence-electron chi connectivity index (χ0n) is 11.6. The maximum absolute atomic E-state index is 10.9. The first kappa shape index (κ1) is 15.3. The van der Waals surface area contributed by atoms with Crippen LogP contribution in [0.2, 0.25) is 0 Å². The SMILES string of the molecule is CCOc1cc(Oc2ccc(Br)cc2C)ccc1[N+](=O)[O-]. The van der Waals surface area contributed by atoms with Crippen molar-refractivity contribution in [1.29, 1.82) is 0 Å². The van der Waals surface area contributed by atoms with Gasteiger partial charge in [0.05, 0.1) is 11.5 Å². The lowest BCUT2D eigenvalue weighted by atomic mass is 10.2. The van der Waals surface area contributed by atoms with Crippen molar-refractivity contribution in [2.75, 3.05) is 6.61 Å². The predicted molar refractivity (Wildman–Crippen MR) is 83.2 cm³/mol. The number of nitrogens with zero attached hydrogens (tertiary/aromatic N) is 1. The second-order valence-electron chi connectivity index (χ2n) is 4.33. The average Bonchev–Trinajstić information content (AvgIpc) is 2.42. The molecule has 0 spiro atoms. The van der Waals surface area contributed by atoms with E-state index in [1.807, 2.05) is 25.1 Å². The monoisotopic (exact) mass is 351 g/mol. The molecule has 21 heavy (non-hydrogen) atoms. The third-order valence-electron chi connectivity index (χ3n) is 2.79. The molecule has 0 atom stereocenters. The van der Waals surface area contributed by atoms with Crippen LogP contribution in [-0.4, -0.2) is 11.5 Å². The molecule has 2 aromatic rings. The number of aryl methyl sites for hydroxylation is 1. The molecule has 0 saturated heterocycles. The predicted octanol–water partition coefficient (Wildman–Crippen LogP) is 4.86. The summed E-state index contributed by atoms with van der Waals surface area (Å²) in [7, 11) is 0. The molecule has 0 unspecified atom stereocenters. The highest BCUT2D eigenvalue weighted by Crippen LogP contribution is 2.34. The fourth-order valence-electron chi connectivity index (χ4n) is 1.83. The Morgan fingerprint density at radius 2 is 1.95 bits per heavy atom. The van der Waals surface area contributed by atoms with Crippen molar-refractivity contribution in [3.05, 3.63) is 56.5 Å². The zero-order chi connectivity index (χ0) is 15.4. The maximum Gasteiger partial charge on any atom is 0.311 e. The van der Waals surface area contributed by atoms with Gasteiger partial charge in [0.15, 0.2) is 0 Å². The summed E-state index contributed by atoms with van der Waals surface area (Å²) in [5, 5.41) is 10.9. The van der Waals surface area contributed by atoms with Gasteiger partial charge in [0, 0.05) is 16.6 Å². The second kappa shape index (κ2) is 6.58. The molecule has 0 saturated carbocycles. The largest absolute Gasteiger partial charge is 0.487 e. The van der Waals surface area contributed by atoms with E-state index in [0.29, 0.717) is 18.1 Å². The minimum atomic E-state index is -0.473. The Bertz CT molecular complexity index is 673. The Kier molecular flexibility index (Phi) is 4.80. The molecule has 6 heteroatoms. The molecule has 5 nitrogen and oxygen atoms in total. The first-order valence-corrected chi connectivity index (χ1v) is 7.15. The minimum absolute atomic E-state index is 0.0725. The van der Waals surface area contributed by atoms with Crippen molar-refractivity contribution in [1.82, 2.24) is 0 Å². The summed E-state index contributed by atoms with van der Waals surface area (Å²) in [6.45, 7) is 4.05. The van der Waals surface area contributed by atoms with Crippen molar-refractivity contribution in [3.63, 3.8) is 0 Å². The Hall–Kier alpha value is -2.08. The van der Waals surface area contributed by atoms with Gasteiger partial charge in [-0.1, -0.05) is 15.9 Å². The summed E-state index contributed by atoms with van der Waals surface area (Å²) in [5.74, 6) is 1.39. The van der Waals surface area contributed by atoms with Gasteiger partial charge in [-0.2, -0.15) is 0 Å². The van der Waals surface area contributed by atoms with E-state index in [0.717, 1.165) is 10.0 Å². The Morgan fingerprint density at radius 1 is 1.19 bits per heavy atom. The van der Waals surface area contributed by atoms with Crippen LogP contribution in [0, 0.1) is 17.0 Å². The molecular formula is C15H14BrNO4. The minimum Gasteiger partial charge on any atom is -0.487 e. The quantitative estimate of drug-likeness (QED) is 0.570. The lowest BCUT2D eigenvalue weighted by Gasteiger charge is -2.11. The summed E-state index contributed by atoms with van der Waals surface area (Å²) in [6.07, 6.45) is 0. The number of nitro benzene ring substituents is 1. The van der Waals surface area contributed by atoms with E-state index in [1.54, 1.807) is 13.0 Å². The zero-order valence-corrected chi connectivity index (χ0v) is 13.2. The third kappa shape index (κ3) is 3.72. The maximum atomic E-state index is 10.9. The smallest absolute Gasteiger partial charge is 0.311 e. The summed E-state index contributed by atoms with van der Waals surface area (Å²) >= 11 is 3.39. The molecule has 2 rings (SSSR count). The van der Waals surface area contributed by atoms with Crippen LogP contribution in [-0.2, 0) is 0 Å². The highest BCUT2D eigenvalue weighted by molar-refractivity contribution is 9.10. The molecule has 0 aliphatic carbocycles. The molecule has 0 heterocycles. The molecule has 0 aliphatic rings. The molecule has 0 aromatic heterocycles. The topological polar surface area (TPSA) is 61.6 Å². The number of nitro groups is 1. The van der Waals surface area contributed by atoms with E-state index >= 15 is 0 Å². The van der Waals surface area contributed by atoms with Crippen molar-refractivity contribution in [3.8, 4) is 17.2 Å². The third-order valence-corrected chi connectivity index (χ3v) is 3.29.